The molecule has 0 aliphatic carbocycles. The second-order valence-corrected chi connectivity index (χ2v) is 11.2. The third-order valence-corrected chi connectivity index (χ3v) is 7.75. The van der Waals surface area contributed by atoms with Crippen molar-refractivity contribution in [1.29, 1.82) is 0 Å². The lowest BCUT2D eigenvalue weighted by Gasteiger charge is -2.11. The van der Waals surface area contributed by atoms with Crippen LogP contribution < -0.4 is 16.0 Å². The van der Waals surface area contributed by atoms with Crippen LogP contribution in [0, 0.1) is 6.92 Å². The second-order valence-electron chi connectivity index (χ2n) is 9.74. The summed E-state index contributed by atoms with van der Waals surface area (Å²) in [6, 6.07) is 34.2. The van der Waals surface area contributed by atoms with E-state index in [0.717, 1.165) is 16.0 Å². The van der Waals surface area contributed by atoms with Crippen molar-refractivity contribution in [2.75, 3.05) is 16.4 Å². The van der Waals surface area contributed by atoms with Gasteiger partial charge in [0, 0.05) is 27.8 Å². The lowest BCUT2D eigenvalue weighted by molar-refractivity contribution is -0.114. The molecule has 3 N–H and O–H groups in total. The number of hydrogen-bond donors (Lipinski definition) is 3. The summed E-state index contributed by atoms with van der Waals surface area (Å²) in [5.41, 5.74) is 3.52. The summed E-state index contributed by atoms with van der Waals surface area (Å²) in [7, 11) is 0. The minimum atomic E-state index is -0.526. The van der Waals surface area contributed by atoms with E-state index in [1.807, 2.05) is 43.3 Å². The smallest absolute Gasteiger partial charge is 0.272 e. The standard InChI is InChI=1S/C35H28ClN3O4S/c1-23-11-13-24(14-12-23)32-20-17-27(43-32)21-31(39-34(41)25-7-3-2-4-8-25)35(42)37-26-15-18-28(19-16-26)44-22-33(40)38-30-10-6-5-9-29(30)36/h2-21H,22H2,1H3,(H,37,42)(H,38,40)(H,39,41). The minimum Gasteiger partial charge on any atom is -0.457 e. The molecule has 0 spiro atoms. The molecule has 0 aliphatic heterocycles. The molecule has 7 nitrogen and oxygen atoms in total. The van der Waals surface area contributed by atoms with Crippen LogP contribution >= 0.6 is 23.4 Å². The van der Waals surface area contributed by atoms with Crippen molar-refractivity contribution in [3.05, 3.63) is 143 Å². The molecule has 44 heavy (non-hydrogen) atoms. The topological polar surface area (TPSA) is 100 Å². The first-order valence-electron chi connectivity index (χ1n) is 13.7. The van der Waals surface area contributed by atoms with Crippen molar-refractivity contribution >= 4 is 58.5 Å². The van der Waals surface area contributed by atoms with Gasteiger partial charge in [0.15, 0.2) is 0 Å². The number of thioether (sulfide) groups is 1. The molecule has 0 radical (unpaired) electrons. The number of hydrogen-bond acceptors (Lipinski definition) is 5. The van der Waals surface area contributed by atoms with Crippen LogP contribution in [0.15, 0.2) is 130 Å². The normalized spacial score (nSPS) is 11.1. The summed E-state index contributed by atoms with van der Waals surface area (Å²) in [5.74, 6) is 0.0808. The first-order chi connectivity index (χ1) is 21.3. The van der Waals surface area contributed by atoms with Crippen LogP contribution in [0.25, 0.3) is 17.4 Å². The molecule has 0 saturated heterocycles. The van der Waals surface area contributed by atoms with Gasteiger partial charge in [-0.25, -0.2) is 0 Å². The van der Waals surface area contributed by atoms with Crippen molar-refractivity contribution in [3.8, 4) is 11.3 Å². The highest BCUT2D eigenvalue weighted by molar-refractivity contribution is 8.00. The number of carbonyl (C=O) groups is 3. The van der Waals surface area contributed by atoms with Crippen LogP contribution in [-0.4, -0.2) is 23.5 Å². The van der Waals surface area contributed by atoms with Crippen LogP contribution in [0.3, 0.4) is 0 Å². The molecule has 0 aliphatic rings. The van der Waals surface area contributed by atoms with E-state index in [9.17, 15) is 14.4 Å². The Morgan fingerprint density at radius 2 is 1.50 bits per heavy atom. The van der Waals surface area contributed by atoms with Crippen molar-refractivity contribution in [3.63, 3.8) is 0 Å². The maximum atomic E-state index is 13.4. The third kappa shape index (κ3) is 8.28. The number of halogens is 1. The Morgan fingerprint density at radius 1 is 0.795 bits per heavy atom. The van der Waals surface area contributed by atoms with Gasteiger partial charge in [-0.05, 0) is 67.6 Å². The summed E-state index contributed by atoms with van der Waals surface area (Å²) < 4.78 is 5.98. The van der Waals surface area contributed by atoms with Gasteiger partial charge in [-0.2, -0.15) is 0 Å². The van der Waals surface area contributed by atoms with Crippen molar-refractivity contribution < 1.29 is 18.8 Å². The summed E-state index contributed by atoms with van der Waals surface area (Å²) in [6.07, 6.45) is 1.50. The predicted molar refractivity (Wildman–Crippen MR) is 177 cm³/mol. The molecule has 5 rings (SSSR count). The van der Waals surface area contributed by atoms with Gasteiger partial charge in [-0.15, -0.1) is 11.8 Å². The Morgan fingerprint density at radius 3 is 2.23 bits per heavy atom. The van der Waals surface area contributed by atoms with E-state index >= 15 is 0 Å². The van der Waals surface area contributed by atoms with E-state index in [2.05, 4.69) is 16.0 Å². The molecule has 4 aromatic carbocycles. The molecule has 0 atom stereocenters. The molecule has 0 saturated carbocycles. The monoisotopic (exact) mass is 621 g/mol. The predicted octanol–water partition coefficient (Wildman–Crippen LogP) is 8.05. The third-order valence-electron chi connectivity index (χ3n) is 6.41. The zero-order valence-electron chi connectivity index (χ0n) is 23.7. The number of aryl methyl sites for hydroxylation is 1. The first kappa shape index (κ1) is 30.4. The first-order valence-corrected chi connectivity index (χ1v) is 15.0. The van der Waals surface area contributed by atoms with Crippen LogP contribution in [-0.2, 0) is 9.59 Å². The number of furan rings is 1. The molecule has 0 bridgehead atoms. The molecule has 5 aromatic rings. The van der Waals surface area contributed by atoms with E-state index in [0.29, 0.717) is 33.5 Å². The van der Waals surface area contributed by atoms with Gasteiger partial charge in [-0.3, -0.25) is 14.4 Å². The Labute approximate surface area is 264 Å². The number of rotatable bonds is 10. The number of benzene rings is 4. The van der Waals surface area contributed by atoms with Crippen LogP contribution in [0.2, 0.25) is 5.02 Å². The SMILES string of the molecule is Cc1ccc(-c2ccc(C=C(NC(=O)c3ccccc3)C(=O)Nc3ccc(SCC(=O)Nc4ccccc4Cl)cc3)o2)cc1. The Bertz CT molecular complexity index is 1800. The maximum Gasteiger partial charge on any atom is 0.272 e. The van der Waals surface area contributed by atoms with Gasteiger partial charge in [0.1, 0.15) is 17.2 Å². The highest BCUT2D eigenvalue weighted by Gasteiger charge is 2.16. The molecular formula is C35H28ClN3O4S. The average molecular weight is 622 g/mol. The summed E-state index contributed by atoms with van der Waals surface area (Å²) in [5, 5.41) is 8.81. The zero-order chi connectivity index (χ0) is 30.9. The number of anilines is 2. The number of amides is 3. The summed E-state index contributed by atoms with van der Waals surface area (Å²) in [4.78, 5) is 39.6. The number of para-hydroxylation sites is 1. The van der Waals surface area contributed by atoms with E-state index in [4.69, 9.17) is 16.0 Å². The minimum absolute atomic E-state index is 0.0124. The van der Waals surface area contributed by atoms with Gasteiger partial charge < -0.3 is 20.4 Å². The fourth-order valence-corrected chi connectivity index (χ4v) is 5.00. The quantitative estimate of drug-likeness (QED) is 0.108. The van der Waals surface area contributed by atoms with E-state index in [-0.39, 0.29) is 17.4 Å². The van der Waals surface area contributed by atoms with E-state index in [1.54, 1.807) is 78.9 Å². The molecule has 3 amide bonds. The molecule has 9 heteroatoms. The average Bonchev–Trinajstić information content (AvgIpc) is 3.51. The van der Waals surface area contributed by atoms with Gasteiger partial charge >= 0.3 is 0 Å². The molecular weight excluding hydrogens is 594 g/mol. The highest BCUT2D eigenvalue weighted by Crippen LogP contribution is 2.25. The van der Waals surface area contributed by atoms with Gasteiger partial charge in [-0.1, -0.05) is 71.8 Å². The van der Waals surface area contributed by atoms with Crippen LogP contribution in [0.5, 0.6) is 0 Å². The number of carbonyl (C=O) groups excluding carboxylic acids is 3. The molecule has 1 aromatic heterocycles. The molecule has 220 valence electrons. The zero-order valence-corrected chi connectivity index (χ0v) is 25.2. The van der Waals surface area contributed by atoms with E-state index < -0.39 is 11.8 Å². The van der Waals surface area contributed by atoms with Gasteiger partial charge in [0.2, 0.25) is 5.91 Å². The lowest BCUT2D eigenvalue weighted by Crippen LogP contribution is -2.30. The molecule has 0 unspecified atom stereocenters. The van der Waals surface area contributed by atoms with Gasteiger partial charge in [0.25, 0.3) is 11.8 Å². The van der Waals surface area contributed by atoms with Gasteiger partial charge in [0.05, 0.1) is 16.5 Å². The Balaban J connectivity index is 1.27. The molecule has 1 heterocycles. The lowest BCUT2D eigenvalue weighted by atomic mass is 10.1. The Kier molecular flexibility index (Phi) is 9.96. The van der Waals surface area contributed by atoms with Crippen LogP contribution in [0.4, 0.5) is 11.4 Å². The molecule has 0 fully saturated rings. The summed E-state index contributed by atoms with van der Waals surface area (Å²) in [6.45, 7) is 2.01. The van der Waals surface area contributed by atoms with E-state index in [1.165, 1.54) is 17.8 Å². The van der Waals surface area contributed by atoms with Crippen molar-refractivity contribution in [2.24, 2.45) is 0 Å². The largest absolute Gasteiger partial charge is 0.457 e. The van der Waals surface area contributed by atoms with Crippen LogP contribution in [0.1, 0.15) is 21.7 Å². The fourth-order valence-electron chi connectivity index (χ4n) is 4.12. The van der Waals surface area contributed by atoms with Crippen molar-refractivity contribution in [1.82, 2.24) is 5.32 Å². The highest BCUT2D eigenvalue weighted by atomic mass is 35.5. The summed E-state index contributed by atoms with van der Waals surface area (Å²) >= 11 is 7.46. The maximum absolute atomic E-state index is 13.4. The van der Waals surface area contributed by atoms with Crippen molar-refractivity contribution in [2.45, 2.75) is 11.8 Å². The fraction of sp³-hybridized carbons (Fsp3) is 0.0571. The second kappa shape index (κ2) is 14.4. The Hall–Kier alpha value is -5.05. The number of nitrogens with one attached hydrogen (secondary N) is 3.